The zero-order chi connectivity index (χ0) is 16.1. The summed E-state index contributed by atoms with van der Waals surface area (Å²) in [6.07, 6.45) is 4.40. The van der Waals surface area contributed by atoms with Crippen LogP contribution in [0.1, 0.15) is 18.4 Å². The van der Waals surface area contributed by atoms with Gasteiger partial charge in [-0.2, -0.15) is 0 Å². The lowest BCUT2D eigenvalue weighted by atomic mass is 9.94. The molecule has 0 saturated carbocycles. The van der Waals surface area contributed by atoms with Crippen LogP contribution in [0.3, 0.4) is 0 Å². The molecule has 2 aromatic rings. The first-order chi connectivity index (χ1) is 11.2. The Morgan fingerprint density at radius 2 is 1.91 bits per heavy atom. The molecule has 0 bridgehead atoms. The van der Waals surface area contributed by atoms with Gasteiger partial charge in [0, 0.05) is 29.1 Å². The molecular formula is C18H16BrNO3. The average molecular weight is 374 g/mol. The summed E-state index contributed by atoms with van der Waals surface area (Å²) in [6.45, 7) is 1.23. The van der Waals surface area contributed by atoms with Crippen LogP contribution in [0, 0.1) is 11.8 Å². The zero-order valence-electron chi connectivity index (χ0n) is 12.5. The quantitative estimate of drug-likeness (QED) is 0.818. The van der Waals surface area contributed by atoms with Crippen molar-refractivity contribution in [2.45, 2.75) is 18.4 Å². The molecule has 2 heterocycles. The Labute approximate surface area is 143 Å². The van der Waals surface area contributed by atoms with Crippen LogP contribution < -0.4 is 4.74 Å². The van der Waals surface area contributed by atoms with Gasteiger partial charge in [0.1, 0.15) is 11.5 Å². The minimum atomic E-state index is -0.586. The Morgan fingerprint density at radius 1 is 1.17 bits per heavy atom. The van der Waals surface area contributed by atoms with Crippen LogP contribution in [-0.4, -0.2) is 28.9 Å². The van der Waals surface area contributed by atoms with Gasteiger partial charge in [0.25, 0.3) is 0 Å². The second-order valence-corrected chi connectivity index (χ2v) is 6.26. The first-order valence-corrected chi connectivity index (χ1v) is 8.14. The highest BCUT2D eigenvalue weighted by Gasteiger charge is 2.33. The van der Waals surface area contributed by atoms with Gasteiger partial charge >= 0.3 is 0 Å². The molecule has 1 aromatic heterocycles. The summed E-state index contributed by atoms with van der Waals surface area (Å²) in [5, 5.41) is 9.49. The van der Waals surface area contributed by atoms with E-state index >= 15 is 0 Å². The lowest BCUT2D eigenvalue weighted by Gasteiger charge is -2.33. The van der Waals surface area contributed by atoms with Crippen LogP contribution in [-0.2, 0) is 4.74 Å². The van der Waals surface area contributed by atoms with Gasteiger partial charge < -0.3 is 14.6 Å². The lowest BCUT2D eigenvalue weighted by Crippen LogP contribution is -2.40. The third-order valence-corrected chi connectivity index (χ3v) is 4.11. The molecule has 0 aliphatic carbocycles. The molecule has 0 amide bonds. The Balaban J connectivity index is 1.86. The molecule has 23 heavy (non-hydrogen) atoms. The summed E-state index contributed by atoms with van der Waals surface area (Å²) in [4.78, 5) is 3.94. The number of benzene rings is 1. The van der Waals surface area contributed by atoms with Crippen molar-refractivity contribution in [3.8, 4) is 23.3 Å². The fraction of sp³-hybridized carbons (Fsp3) is 0.278. The predicted molar refractivity (Wildman–Crippen MR) is 90.3 cm³/mol. The molecule has 4 nitrogen and oxygen atoms in total. The van der Waals surface area contributed by atoms with E-state index in [2.05, 4.69) is 32.8 Å². The number of aromatic hydroxyl groups is 1. The van der Waals surface area contributed by atoms with E-state index < -0.39 is 5.60 Å². The van der Waals surface area contributed by atoms with E-state index in [1.165, 1.54) is 6.20 Å². The van der Waals surface area contributed by atoms with Crippen molar-refractivity contribution in [2.24, 2.45) is 0 Å². The fourth-order valence-electron chi connectivity index (χ4n) is 2.36. The van der Waals surface area contributed by atoms with E-state index in [0.29, 0.717) is 31.6 Å². The van der Waals surface area contributed by atoms with Gasteiger partial charge in [-0.1, -0.05) is 21.9 Å². The average Bonchev–Trinajstić information content (AvgIpc) is 2.56. The Bertz CT molecular complexity index is 728. The first-order valence-electron chi connectivity index (χ1n) is 7.35. The Kier molecular flexibility index (Phi) is 4.85. The van der Waals surface area contributed by atoms with Crippen LogP contribution in [0.4, 0.5) is 0 Å². The molecule has 0 atom stereocenters. The van der Waals surface area contributed by atoms with Gasteiger partial charge in [-0.05, 0) is 36.3 Å². The summed E-state index contributed by atoms with van der Waals surface area (Å²) >= 11 is 3.42. The molecule has 0 radical (unpaired) electrons. The van der Waals surface area contributed by atoms with Crippen molar-refractivity contribution in [3.05, 3.63) is 52.8 Å². The third-order valence-electron chi connectivity index (χ3n) is 3.59. The number of nitrogens with zero attached hydrogens (tertiary/aromatic N) is 1. The maximum atomic E-state index is 9.49. The van der Waals surface area contributed by atoms with Gasteiger partial charge in [-0.25, -0.2) is 0 Å². The highest BCUT2D eigenvalue weighted by molar-refractivity contribution is 9.10. The van der Waals surface area contributed by atoms with E-state index in [4.69, 9.17) is 9.47 Å². The van der Waals surface area contributed by atoms with E-state index in [1.807, 2.05) is 24.3 Å². The van der Waals surface area contributed by atoms with Crippen molar-refractivity contribution in [1.29, 1.82) is 0 Å². The van der Waals surface area contributed by atoms with Crippen molar-refractivity contribution < 1.29 is 14.6 Å². The summed E-state index contributed by atoms with van der Waals surface area (Å²) in [5.74, 6) is 7.17. The van der Waals surface area contributed by atoms with E-state index in [0.717, 1.165) is 10.2 Å². The van der Waals surface area contributed by atoms with Gasteiger partial charge in [0.2, 0.25) is 0 Å². The molecule has 1 aliphatic rings. The van der Waals surface area contributed by atoms with Crippen molar-refractivity contribution in [2.75, 3.05) is 13.2 Å². The van der Waals surface area contributed by atoms with Gasteiger partial charge in [-0.3, -0.25) is 4.98 Å². The molecule has 0 unspecified atom stereocenters. The first kappa shape index (κ1) is 15.9. The molecule has 0 spiro atoms. The molecule has 1 aromatic carbocycles. The summed E-state index contributed by atoms with van der Waals surface area (Å²) in [5.41, 5.74) is 0.0765. The van der Waals surface area contributed by atoms with E-state index in [9.17, 15) is 5.11 Å². The number of pyridine rings is 1. The minimum absolute atomic E-state index is 0.103. The number of aromatic nitrogens is 1. The largest absolute Gasteiger partial charge is 0.506 e. The Morgan fingerprint density at radius 3 is 2.61 bits per heavy atom. The van der Waals surface area contributed by atoms with Crippen LogP contribution in [0.25, 0.3) is 0 Å². The molecule has 3 rings (SSSR count). The molecule has 1 aliphatic heterocycles. The highest BCUT2D eigenvalue weighted by Crippen LogP contribution is 2.28. The summed E-state index contributed by atoms with van der Waals surface area (Å²) < 4.78 is 12.6. The van der Waals surface area contributed by atoms with Crippen LogP contribution in [0.5, 0.6) is 11.5 Å². The molecular weight excluding hydrogens is 358 g/mol. The number of halogens is 1. The molecule has 1 N–H and O–H groups in total. The SMILES string of the molecule is Oc1cncc(C#CC2(Oc3ccc(Br)cc3)CCOCC2)c1. The highest BCUT2D eigenvalue weighted by atomic mass is 79.9. The maximum absolute atomic E-state index is 9.49. The maximum Gasteiger partial charge on any atom is 0.173 e. The van der Waals surface area contributed by atoms with Crippen LogP contribution in [0.2, 0.25) is 0 Å². The monoisotopic (exact) mass is 373 g/mol. The van der Waals surface area contributed by atoms with Gasteiger partial charge in [0.05, 0.1) is 19.4 Å². The number of rotatable bonds is 2. The van der Waals surface area contributed by atoms with Crippen molar-refractivity contribution in [1.82, 2.24) is 4.98 Å². The van der Waals surface area contributed by atoms with Crippen LogP contribution in [0.15, 0.2) is 47.2 Å². The molecule has 1 fully saturated rings. The van der Waals surface area contributed by atoms with E-state index in [1.54, 1.807) is 12.3 Å². The minimum Gasteiger partial charge on any atom is -0.506 e. The predicted octanol–water partition coefficient (Wildman–Crippen LogP) is 3.53. The van der Waals surface area contributed by atoms with Gasteiger partial charge in [0.15, 0.2) is 5.60 Å². The summed E-state index contributed by atoms with van der Waals surface area (Å²) in [6, 6.07) is 9.30. The lowest BCUT2D eigenvalue weighted by molar-refractivity contribution is -0.0112. The van der Waals surface area contributed by atoms with Gasteiger partial charge in [-0.15, -0.1) is 0 Å². The van der Waals surface area contributed by atoms with Crippen molar-refractivity contribution in [3.63, 3.8) is 0 Å². The zero-order valence-corrected chi connectivity index (χ0v) is 14.0. The number of ether oxygens (including phenoxy) is 2. The number of hydrogen-bond acceptors (Lipinski definition) is 4. The second kappa shape index (κ2) is 7.03. The van der Waals surface area contributed by atoms with E-state index in [-0.39, 0.29) is 5.75 Å². The molecule has 1 saturated heterocycles. The fourth-order valence-corrected chi connectivity index (χ4v) is 2.63. The normalized spacial score (nSPS) is 16.2. The molecule has 118 valence electrons. The molecule has 5 heteroatoms. The third kappa shape index (κ3) is 4.25. The number of hydrogen-bond donors (Lipinski definition) is 1. The summed E-state index contributed by atoms with van der Waals surface area (Å²) in [7, 11) is 0. The second-order valence-electron chi connectivity index (χ2n) is 5.34. The topological polar surface area (TPSA) is 51.6 Å². The Hall–Kier alpha value is -2.03. The van der Waals surface area contributed by atoms with Crippen molar-refractivity contribution >= 4 is 15.9 Å². The van der Waals surface area contributed by atoms with Crippen LogP contribution >= 0.6 is 15.9 Å². The smallest absolute Gasteiger partial charge is 0.173 e. The standard InChI is InChI=1S/C18H16BrNO3/c19-15-1-3-17(4-2-15)23-18(7-9-22-10-8-18)6-5-14-11-16(21)13-20-12-14/h1-4,11-13,21H,7-10H2.